The SMILES string of the molecule is Cc1cc(Nc2nc(N3CCN(C(=O)[C@H](OC(N)=O)c4ccccc4)CC3)nn3cccc23)n[nH]1. The summed E-state index contributed by atoms with van der Waals surface area (Å²) in [5, 5.41) is 15.0. The molecule has 0 saturated carbocycles. The number of carbonyl (C=O) groups excluding carboxylic acids is 2. The summed E-state index contributed by atoms with van der Waals surface area (Å²) in [4.78, 5) is 33.0. The number of aryl methyl sites for hydroxylation is 1. The first-order valence-electron chi connectivity index (χ1n) is 11.2. The second-order valence-electron chi connectivity index (χ2n) is 8.20. The maximum atomic E-state index is 13.2. The zero-order valence-electron chi connectivity index (χ0n) is 19.1. The van der Waals surface area contributed by atoms with E-state index in [-0.39, 0.29) is 5.91 Å². The van der Waals surface area contributed by atoms with E-state index in [1.165, 1.54) is 0 Å². The van der Waals surface area contributed by atoms with E-state index in [0.717, 1.165) is 11.2 Å². The molecule has 1 aliphatic rings. The van der Waals surface area contributed by atoms with Crippen molar-refractivity contribution >= 4 is 35.1 Å². The van der Waals surface area contributed by atoms with Gasteiger partial charge in [0.25, 0.3) is 5.91 Å². The molecule has 1 aromatic carbocycles. The van der Waals surface area contributed by atoms with Gasteiger partial charge in [-0.3, -0.25) is 9.89 Å². The van der Waals surface area contributed by atoms with Gasteiger partial charge in [0.2, 0.25) is 12.1 Å². The van der Waals surface area contributed by atoms with Gasteiger partial charge < -0.3 is 25.6 Å². The highest BCUT2D eigenvalue weighted by Gasteiger charge is 2.32. The Morgan fingerprint density at radius 3 is 2.57 bits per heavy atom. The Balaban J connectivity index is 1.32. The Morgan fingerprint density at radius 1 is 1.11 bits per heavy atom. The van der Waals surface area contributed by atoms with E-state index in [2.05, 4.69) is 20.6 Å². The molecule has 35 heavy (non-hydrogen) atoms. The van der Waals surface area contributed by atoms with Crippen molar-refractivity contribution in [2.45, 2.75) is 13.0 Å². The quantitative estimate of drug-likeness (QED) is 0.384. The lowest BCUT2D eigenvalue weighted by Gasteiger charge is -2.36. The predicted octanol–water partition coefficient (Wildman–Crippen LogP) is 1.99. The fourth-order valence-electron chi connectivity index (χ4n) is 4.05. The van der Waals surface area contributed by atoms with Gasteiger partial charge in [0.1, 0.15) is 5.52 Å². The summed E-state index contributed by atoms with van der Waals surface area (Å²) in [6.45, 7) is 3.78. The van der Waals surface area contributed by atoms with Crippen LogP contribution in [-0.2, 0) is 9.53 Å². The molecular formula is C23H25N9O3. The van der Waals surface area contributed by atoms with E-state index in [9.17, 15) is 9.59 Å². The largest absolute Gasteiger partial charge is 0.431 e. The Kier molecular flexibility index (Phi) is 5.92. The average molecular weight is 476 g/mol. The van der Waals surface area contributed by atoms with E-state index in [1.807, 2.05) is 42.3 Å². The van der Waals surface area contributed by atoms with Crippen LogP contribution in [0.4, 0.5) is 22.4 Å². The Hall–Kier alpha value is -4.61. The molecule has 4 aromatic rings. The minimum Gasteiger partial charge on any atom is -0.431 e. The second kappa shape index (κ2) is 9.33. The van der Waals surface area contributed by atoms with Crippen LogP contribution in [0.25, 0.3) is 5.52 Å². The lowest BCUT2D eigenvalue weighted by molar-refractivity contribution is -0.140. The number of nitrogens with two attached hydrogens (primary N) is 1. The minimum atomic E-state index is -1.08. The topological polar surface area (TPSA) is 147 Å². The molecule has 12 heteroatoms. The molecule has 0 bridgehead atoms. The second-order valence-corrected chi connectivity index (χ2v) is 8.20. The molecule has 3 aromatic heterocycles. The third-order valence-electron chi connectivity index (χ3n) is 5.77. The lowest BCUT2D eigenvalue weighted by atomic mass is 10.1. The van der Waals surface area contributed by atoms with E-state index >= 15 is 0 Å². The van der Waals surface area contributed by atoms with Gasteiger partial charge in [0.15, 0.2) is 11.6 Å². The molecule has 0 spiro atoms. The number of hydrogen-bond acceptors (Lipinski definition) is 8. The summed E-state index contributed by atoms with van der Waals surface area (Å²) in [6, 6.07) is 14.6. The van der Waals surface area contributed by atoms with Gasteiger partial charge in [-0.25, -0.2) is 9.31 Å². The van der Waals surface area contributed by atoms with Crippen LogP contribution in [0, 0.1) is 6.92 Å². The lowest BCUT2D eigenvalue weighted by Crippen LogP contribution is -2.51. The van der Waals surface area contributed by atoms with Crippen molar-refractivity contribution in [3.05, 3.63) is 66.0 Å². The van der Waals surface area contributed by atoms with Crippen LogP contribution < -0.4 is 16.0 Å². The normalized spacial score (nSPS) is 14.7. The number of ether oxygens (including phenoxy) is 1. The van der Waals surface area contributed by atoms with Crippen molar-refractivity contribution in [1.82, 2.24) is 29.7 Å². The van der Waals surface area contributed by atoms with Crippen molar-refractivity contribution < 1.29 is 14.3 Å². The predicted molar refractivity (Wildman–Crippen MR) is 128 cm³/mol. The Labute approximate surface area is 200 Å². The van der Waals surface area contributed by atoms with Gasteiger partial charge in [-0.1, -0.05) is 30.3 Å². The molecule has 1 fully saturated rings. The summed E-state index contributed by atoms with van der Waals surface area (Å²) in [7, 11) is 0. The van der Waals surface area contributed by atoms with Crippen LogP contribution in [0.1, 0.15) is 17.4 Å². The van der Waals surface area contributed by atoms with Crippen LogP contribution >= 0.6 is 0 Å². The summed E-state index contributed by atoms with van der Waals surface area (Å²) in [5.74, 6) is 1.51. The van der Waals surface area contributed by atoms with Crippen LogP contribution in [0.3, 0.4) is 0 Å². The molecule has 4 heterocycles. The molecule has 0 radical (unpaired) electrons. The number of aromatic nitrogens is 5. The number of rotatable bonds is 6. The molecule has 12 nitrogen and oxygen atoms in total. The molecule has 1 saturated heterocycles. The summed E-state index contributed by atoms with van der Waals surface area (Å²) in [6.07, 6.45) is -0.223. The van der Waals surface area contributed by atoms with Gasteiger partial charge in [-0.05, 0) is 19.1 Å². The molecule has 0 aliphatic carbocycles. The standard InChI is InChI=1S/C23H25N9O3/c1-15-14-18(28-27-15)25-20-17-8-5-9-32(17)29-23(26-20)31-12-10-30(11-13-31)21(33)19(35-22(24)34)16-6-3-2-4-7-16/h2-9,14,19H,10-13H2,1H3,(H2,24,34)(H2,25,26,27,28,29)/t19-/m1/s1. The molecule has 5 rings (SSSR count). The van der Waals surface area contributed by atoms with Crippen molar-refractivity contribution in [3.8, 4) is 0 Å². The fraction of sp³-hybridized carbons (Fsp3) is 0.261. The molecular weight excluding hydrogens is 450 g/mol. The third-order valence-corrected chi connectivity index (χ3v) is 5.77. The van der Waals surface area contributed by atoms with Gasteiger partial charge in [-0.2, -0.15) is 10.1 Å². The number of primary amides is 1. The molecule has 1 atom stereocenters. The van der Waals surface area contributed by atoms with E-state index < -0.39 is 12.2 Å². The average Bonchev–Trinajstić information content (AvgIpc) is 3.51. The maximum Gasteiger partial charge on any atom is 0.405 e. The molecule has 4 N–H and O–H groups in total. The highest BCUT2D eigenvalue weighted by molar-refractivity contribution is 5.85. The number of carbonyl (C=O) groups is 2. The Bertz CT molecular complexity index is 1340. The zero-order valence-corrected chi connectivity index (χ0v) is 19.1. The van der Waals surface area contributed by atoms with E-state index in [0.29, 0.717) is 49.3 Å². The van der Waals surface area contributed by atoms with Crippen molar-refractivity contribution in [3.63, 3.8) is 0 Å². The number of H-pyrrole nitrogens is 1. The number of nitrogens with zero attached hydrogens (tertiary/aromatic N) is 6. The summed E-state index contributed by atoms with van der Waals surface area (Å²) < 4.78 is 6.92. The van der Waals surface area contributed by atoms with Crippen LogP contribution in [-0.4, -0.2) is 67.9 Å². The fourth-order valence-corrected chi connectivity index (χ4v) is 4.05. The molecule has 180 valence electrons. The van der Waals surface area contributed by atoms with Crippen LogP contribution in [0.2, 0.25) is 0 Å². The highest BCUT2D eigenvalue weighted by atomic mass is 16.6. The minimum absolute atomic E-state index is 0.312. The summed E-state index contributed by atoms with van der Waals surface area (Å²) in [5.41, 5.74) is 7.56. The van der Waals surface area contributed by atoms with Gasteiger partial charge in [-0.15, -0.1) is 5.10 Å². The zero-order chi connectivity index (χ0) is 24.4. The number of benzene rings is 1. The maximum absolute atomic E-state index is 13.2. The number of aromatic amines is 1. The number of piperazine rings is 1. The molecule has 0 unspecified atom stereocenters. The number of anilines is 3. The van der Waals surface area contributed by atoms with E-state index in [1.54, 1.807) is 33.7 Å². The molecule has 1 aliphatic heterocycles. The number of nitrogens with one attached hydrogen (secondary N) is 2. The van der Waals surface area contributed by atoms with Gasteiger partial charge >= 0.3 is 6.09 Å². The van der Waals surface area contributed by atoms with Crippen LogP contribution in [0.15, 0.2) is 54.7 Å². The Morgan fingerprint density at radius 2 is 1.89 bits per heavy atom. The number of amides is 2. The van der Waals surface area contributed by atoms with Crippen LogP contribution in [0.5, 0.6) is 0 Å². The van der Waals surface area contributed by atoms with Crippen molar-refractivity contribution in [2.24, 2.45) is 5.73 Å². The first-order valence-corrected chi connectivity index (χ1v) is 11.2. The first kappa shape index (κ1) is 22.2. The first-order chi connectivity index (χ1) is 17.0. The highest BCUT2D eigenvalue weighted by Crippen LogP contribution is 2.24. The third kappa shape index (κ3) is 4.71. The van der Waals surface area contributed by atoms with Gasteiger partial charge in [0, 0.05) is 49.7 Å². The van der Waals surface area contributed by atoms with Crippen molar-refractivity contribution in [1.29, 1.82) is 0 Å². The van der Waals surface area contributed by atoms with E-state index in [4.69, 9.17) is 15.5 Å². The number of fused-ring (bicyclic) bond motifs is 1. The summed E-state index contributed by atoms with van der Waals surface area (Å²) >= 11 is 0. The van der Waals surface area contributed by atoms with Crippen molar-refractivity contribution in [2.75, 3.05) is 36.4 Å². The van der Waals surface area contributed by atoms with Gasteiger partial charge in [0.05, 0.1) is 0 Å². The monoisotopic (exact) mass is 475 g/mol. The number of hydrogen-bond donors (Lipinski definition) is 3. The smallest absolute Gasteiger partial charge is 0.405 e. The molecule has 2 amide bonds.